The molecule has 2 N–H and O–H groups in total. The molecule has 2 atom stereocenters. The summed E-state index contributed by atoms with van der Waals surface area (Å²) in [5.74, 6) is 1.65. The maximum Gasteiger partial charge on any atom is 0.315 e. The van der Waals surface area contributed by atoms with Crippen LogP contribution >= 0.6 is 0 Å². The molecule has 0 saturated carbocycles. The monoisotopic (exact) mass is 275 g/mol. The van der Waals surface area contributed by atoms with Crippen molar-refractivity contribution in [2.45, 2.75) is 57.7 Å². The highest BCUT2D eigenvalue weighted by molar-refractivity contribution is 5.74. The fraction of sp³-hybridized carbons (Fsp3) is 0.643. The van der Waals surface area contributed by atoms with Crippen LogP contribution in [0.2, 0.25) is 0 Å². The minimum Gasteiger partial charge on any atom is -0.335 e. The van der Waals surface area contributed by atoms with E-state index in [4.69, 9.17) is 0 Å². The highest BCUT2D eigenvalue weighted by atomic mass is 16.2. The molecule has 1 aromatic rings. The van der Waals surface area contributed by atoms with Crippen LogP contribution in [0.5, 0.6) is 0 Å². The van der Waals surface area contributed by atoms with Gasteiger partial charge in [0.15, 0.2) is 0 Å². The summed E-state index contributed by atoms with van der Waals surface area (Å²) in [4.78, 5) is 16.5. The Labute approximate surface area is 118 Å². The average molecular weight is 275 g/mol. The van der Waals surface area contributed by atoms with Gasteiger partial charge in [-0.15, -0.1) is 0 Å². The zero-order chi connectivity index (χ0) is 13.9. The quantitative estimate of drug-likeness (QED) is 0.809. The van der Waals surface area contributed by atoms with Gasteiger partial charge < -0.3 is 10.6 Å². The van der Waals surface area contributed by atoms with Crippen molar-refractivity contribution in [2.75, 3.05) is 0 Å². The molecular formula is C14H21N5O. The Morgan fingerprint density at radius 1 is 1.35 bits per heavy atom. The fourth-order valence-electron chi connectivity index (χ4n) is 2.92. The van der Waals surface area contributed by atoms with Crippen molar-refractivity contribution in [3.8, 4) is 0 Å². The molecule has 1 aromatic heterocycles. The highest BCUT2D eigenvalue weighted by Crippen LogP contribution is 2.22. The summed E-state index contributed by atoms with van der Waals surface area (Å²) >= 11 is 0. The first-order valence-electron chi connectivity index (χ1n) is 7.36. The number of aryl methyl sites for hydroxylation is 2. The number of carbonyl (C=O) groups is 1. The van der Waals surface area contributed by atoms with E-state index in [-0.39, 0.29) is 18.1 Å². The number of amides is 2. The van der Waals surface area contributed by atoms with Gasteiger partial charge in [-0.3, -0.25) is 0 Å². The van der Waals surface area contributed by atoms with Crippen LogP contribution in [-0.4, -0.2) is 26.8 Å². The summed E-state index contributed by atoms with van der Waals surface area (Å²) < 4.78 is 1.91. The number of rotatable bonds is 2. The summed E-state index contributed by atoms with van der Waals surface area (Å²) in [6.07, 6.45) is 9.24. The van der Waals surface area contributed by atoms with Gasteiger partial charge in [0, 0.05) is 12.6 Å². The van der Waals surface area contributed by atoms with E-state index < -0.39 is 0 Å². The first-order valence-corrected chi connectivity index (χ1v) is 7.36. The Morgan fingerprint density at radius 2 is 2.25 bits per heavy atom. The predicted octanol–water partition coefficient (Wildman–Crippen LogP) is 1.83. The molecule has 0 saturated heterocycles. The van der Waals surface area contributed by atoms with Crippen LogP contribution in [0.25, 0.3) is 0 Å². The van der Waals surface area contributed by atoms with Crippen LogP contribution in [0.1, 0.15) is 49.8 Å². The third-order valence-corrected chi connectivity index (χ3v) is 3.89. The van der Waals surface area contributed by atoms with Gasteiger partial charge in [0.05, 0.1) is 6.04 Å². The lowest BCUT2D eigenvalue weighted by molar-refractivity contribution is 0.228. The topological polar surface area (TPSA) is 71.8 Å². The molecule has 2 aliphatic rings. The number of carbonyl (C=O) groups excluding carboxylic acids is 1. The predicted molar refractivity (Wildman–Crippen MR) is 75.2 cm³/mol. The van der Waals surface area contributed by atoms with Crippen LogP contribution in [0, 0.1) is 6.92 Å². The van der Waals surface area contributed by atoms with Crippen molar-refractivity contribution < 1.29 is 4.79 Å². The van der Waals surface area contributed by atoms with Crippen molar-refractivity contribution in [1.29, 1.82) is 0 Å². The molecule has 2 heterocycles. The van der Waals surface area contributed by atoms with E-state index in [1.165, 1.54) is 0 Å². The molecule has 0 radical (unpaired) electrons. The summed E-state index contributed by atoms with van der Waals surface area (Å²) in [5, 5.41) is 10.4. The zero-order valence-electron chi connectivity index (χ0n) is 11.8. The van der Waals surface area contributed by atoms with Crippen molar-refractivity contribution in [2.24, 2.45) is 0 Å². The van der Waals surface area contributed by atoms with Gasteiger partial charge in [-0.05, 0) is 39.0 Å². The summed E-state index contributed by atoms with van der Waals surface area (Å²) in [6.45, 7) is 2.78. The van der Waals surface area contributed by atoms with Crippen LogP contribution in [0.4, 0.5) is 4.79 Å². The third kappa shape index (κ3) is 2.84. The number of nitrogens with zero attached hydrogens (tertiary/aromatic N) is 3. The van der Waals surface area contributed by atoms with E-state index >= 15 is 0 Å². The smallest absolute Gasteiger partial charge is 0.315 e. The second kappa shape index (κ2) is 5.64. The lowest BCUT2D eigenvalue weighted by Gasteiger charge is -2.25. The van der Waals surface area contributed by atoms with E-state index in [9.17, 15) is 4.79 Å². The Hall–Kier alpha value is -1.85. The van der Waals surface area contributed by atoms with Crippen LogP contribution in [0.3, 0.4) is 0 Å². The SMILES string of the molecule is Cc1nc2n(n1)CCC[C@H]2NC(=O)N[C@H]1CC=CCC1. The first-order chi connectivity index (χ1) is 9.72. The molecule has 0 spiro atoms. The maximum absolute atomic E-state index is 12.1. The average Bonchev–Trinajstić information content (AvgIpc) is 2.81. The van der Waals surface area contributed by atoms with E-state index in [1.807, 2.05) is 11.6 Å². The van der Waals surface area contributed by atoms with Gasteiger partial charge in [0.2, 0.25) is 0 Å². The minimum atomic E-state index is -0.0931. The minimum absolute atomic E-state index is 0.0240. The number of allylic oxidation sites excluding steroid dienone is 1. The molecule has 6 nitrogen and oxygen atoms in total. The van der Waals surface area contributed by atoms with Gasteiger partial charge in [0.1, 0.15) is 11.6 Å². The Bertz CT molecular complexity index is 522. The lowest BCUT2D eigenvalue weighted by atomic mass is 10.0. The van der Waals surface area contributed by atoms with Gasteiger partial charge >= 0.3 is 6.03 Å². The van der Waals surface area contributed by atoms with Crippen molar-refractivity contribution in [1.82, 2.24) is 25.4 Å². The van der Waals surface area contributed by atoms with E-state index in [0.717, 1.165) is 50.3 Å². The normalized spacial score (nSPS) is 25.1. The first kappa shape index (κ1) is 13.1. The summed E-state index contributed by atoms with van der Waals surface area (Å²) in [5.41, 5.74) is 0. The third-order valence-electron chi connectivity index (χ3n) is 3.89. The van der Waals surface area contributed by atoms with E-state index in [0.29, 0.717) is 0 Å². The number of hydrogen-bond acceptors (Lipinski definition) is 3. The largest absolute Gasteiger partial charge is 0.335 e. The second-order valence-electron chi connectivity index (χ2n) is 5.53. The van der Waals surface area contributed by atoms with Gasteiger partial charge in [-0.2, -0.15) is 5.10 Å². The Balaban J connectivity index is 1.60. The van der Waals surface area contributed by atoms with Crippen LogP contribution in [0.15, 0.2) is 12.2 Å². The molecular weight excluding hydrogens is 254 g/mol. The Kier molecular flexibility index (Phi) is 3.71. The highest BCUT2D eigenvalue weighted by Gasteiger charge is 2.25. The number of hydrogen-bond donors (Lipinski definition) is 2. The molecule has 1 aliphatic carbocycles. The van der Waals surface area contributed by atoms with Crippen molar-refractivity contribution in [3.63, 3.8) is 0 Å². The second-order valence-corrected chi connectivity index (χ2v) is 5.53. The molecule has 0 fully saturated rings. The number of urea groups is 1. The number of fused-ring (bicyclic) bond motifs is 1. The molecule has 20 heavy (non-hydrogen) atoms. The molecule has 108 valence electrons. The zero-order valence-corrected chi connectivity index (χ0v) is 11.8. The van der Waals surface area contributed by atoms with E-state index in [2.05, 4.69) is 32.9 Å². The number of nitrogens with one attached hydrogen (secondary N) is 2. The van der Waals surface area contributed by atoms with Gasteiger partial charge in [-0.1, -0.05) is 12.2 Å². The summed E-state index contributed by atoms with van der Waals surface area (Å²) in [6, 6.07) is 0.136. The molecule has 2 amide bonds. The van der Waals surface area contributed by atoms with Gasteiger partial charge in [0.25, 0.3) is 0 Å². The molecule has 1 aliphatic heterocycles. The fourth-order valence-corrected chi connectivity index (χ4v) is 2.92. The molecule has 0 bridgehead atoms. The van der Waals surface area contributed by atoms with Gasteiger partial charge in [-0.25, -0.2) is 14.5 Å². The van der Waals surface area contributed by atoms with Crippen molar-refractivity contribution in [3.05, 3.63) is 23.8 Å². The summed E-state index contributed by atoms with van der Waals surface area (Å²) in [7, 11) is 0. The molecule has 6 heteroatoms. The molecule has 3 rings (SSSR count). The van der Waals surface area contributed by atoms with E-state index in [1.54, 1.807) is 0 Å². The standard InChI is InChI=1S/C14H21N5O/c1-10-15-13-12(8-5-9-19(13)18-10)17-14(20)16-11-6-3-2-4-7-11/h2-3,11-12H,4-9H2,1H3,(H2,16,17,20)/t11-,12+/m0/s1. The molecule has 0 unspecified atom stereocenters. The maximum atomic E-state index is 12.1. The molecule has 0 aromatic carbocycles. The van der Waals surface area contributed by atoms with Crippen LogP contribution in [-0.2, 0) is 6.54 Å². The van der Waals surface area contributed by atoms with Crippen LogP contribution < -0.4 is 10.6 Å². The lowest BCUT2D eigenvalue weighted by Crippen LogP contribution is -2.44. The van der Waals surface area contributed by atoms with Crippen molar-refractivity contribution >= 4 is 6.03 Å². The number of aromatic nitrogens is 3. The Morgan fingerprint density at radius 3 is 3.05 bits per heavy atom.